The van der Waals surface area contributed by atoms with Crippen LogP contribution < -0.4 is 20.5 Å². The minimum absolute atomic E-state index is 0.0741. The van der Waals surface area contributed by atoms with Gasteiger partial charge in [-0.2, -0.15) is 13.7 Å². The molecule has 1 aliphatic heterocycles. The summed E-state index contributed by atoms with van der Waals surface area (Å²) in [5, 5.41) is 12.5. The lowest BCUT2D eigenvalue weighted by Crippen LogP contribution is -2.28. The second-order valence-electron chi connectivity index (χ2n) is 8.29. The molecule has 0 radical (unpaired) electrons. The monoisotopic (exact) mass is 536 g/mol. The molecule has 38 heavy (non-hydrogen) atoms. The van der Waals surface area contributed by atoms with E-state index in [0.29, 0.717) is 40.6 Å². The number of nitriles is 1. The van der Waals surface area contributed by atoms with Crippen LogP contribution in [0.1, 0.15) is 42.0 Å². The molecule has 1 atom stereocenters. The van der Waals surface area contributed by atoms with Crippen molar-refractivity contribution < 1.29 is 27.2 Å². The van der Waals surface area contributed by atoms with E-state index in [1.165, 1.54) is 19.2 Å². The molecule has 0 aliphatic carbocycles. The third-order valence-electron chi connectivity index (χ3n) is 5.82. The molecule has 0 saturated carbocycles. The number of pyridine rings is 1. The van der Waals surface area contributed by atoms with E-state index in [1.807, 2.05) is 20.8 Å². The minimum atomic E-state index is -4.00. The smallest absolute Gasteiger partial charge is 0.294 e. The number of primary amides is 1. The number of rotatable bonds is 6. The summed E-state index contributed by atoms with van der Waals surface area (Å²) in [6.07, 6.45) is 1.73. The number of ether oxygens (including phenoxy) is 2. The van der Waals surface area contributed by atoms with Crippen LogP contribution in [0.4, 0.5) is 5.69 Å². The van der Waals surface area contributed by atoms with Crippen molar-refractivity contribution in [1.82, 2.24) is 4.98 Å². The van der Waals surface area contributed by atoms with Gasteiger partial charge in [-0.1, -0.05) is 24.3 Å². The molecule has 0 unspecified atom stereocenters. The molecule has 4 N–H and O–H groups in total. The lowest BCUT2D eigenvalue weighted by molar-refractivity contribution is -0.114. The van der Waals surface area contributed by atoms with Gasteiger partial charge in [0.05, 0.1) is 47.4 Å². The fourth-order valence-electron chi connectivity index (χ4n) is 4.16. The van der Waals surface area contributed by atoms with Gasteiger partial charge in [0, 0.05) is 23.0 Å². The van der Waals surface area contributed by atoms with E-state index < -0.39 is 21.9 Å². The zero-order chi connectivity index (χ0) is 28.0. The quantitative estimate of drug-likeness (QED) is 0.396. The van der Waals surface area contributed by atoms with E-state index in [2.05, 4.69) is 16.4 Å². The van der Waals surface area contributed by atoms with Crippen molar-refractivity contribution >= 4 is 21.7 Å². The highest BCUT2D eigenvalue weighted by Crippen LogP contribution is 2.48. The minimum Gasteiger partial charge on any atom is -0.496 e. The van der Waals surface area contributed by atoms with E-state index >= 15 is 0 Å². The first-order valence-electron chi connectivity index (χ1n) is 11.5. The van der Waals surface area contributed by atoms with Crippen LogP contribution in [0.5, 0.6) is 11.6 Å². The number of hydrogen-bond acceptors (Lipinski definition) is 8. The molecule has 0 fully saturated rings. The summed E-state index contributed by atoms with van der Waals surface area (Å²) in [6.45, 7) is 6.04. The lowest BCUT2D eigenvalue weighted by atomic mass is 9.79. The standard InChI is InChI=1S/C21H22N4O3.C6H6O3S/c1-5-28-21-18-17(14-7-6-13(9-22)8-15(14)27-4)16(20(23)26)12(3)25-19(18)11(2)10-24-21;7-10(8,9)6-4-2-1-3-5-6/h6-8,10,17,25H,5H2,1-4H3,(H2,23,26);1-5H,(H,7,8,9)/t17-;/m1./s1. The van der Waals surface area contributed by atoms with Gasteiger partial charge in [0.25, 0.3) is 10.1 Å². The molecule has 1 amide bonds. The number of methoxy groups -OCH3 is 1. The number of carbonyl (C=O) groups excluding carboxylic acids is 1. The van der Waals surface area contributed by atoms with Gasteiger partial charge in [-0.25, -0.2) is 4.98 Å². The number of benzene rings is 2. The van der Waals surface area contributed by atoms with E-state index in [1.54, 1.807) is 42.6 Å². The Kier molecular flexibility index (Phi) is 8.72. The van der Waals surface area contributed by atoms with Gasteiger partial charge in [0.1, 0.15) is 5.75 Å². The van der Waals surface area contributed by atoms with Gasteiger partial charge < -0.3 is 20.5 Å². The van der Waals surface area contributed by atoms with Crippen LogP contribution in [-0.2, 0) is 14.9 Å². The van der Waals surface area contributed by atoms with Crippen LogP contribution in [0.3, 0.4) is 0 Å². The van der Waals surface area contributed by atoms with Crippen molar-refractivity contribution in [1.29, 1.82) is 5.26 Å². The number of hydrogen-bond donors (Lipinski definition) is 3. The molecule has 2 heterocycles. The molecule has 2 aromatic carbocycles. The molecular formula is C27H28N4O6S. The van der Waals surface area contributed by atoms with Crippen molar-refractivity contribution in [3.63, 3.8) is 0 Å². The third-order valence-corrected chi connectivity index (χ3v) is 6.69. The Morgan fingerprint density at radius 3 is 2.42 bits per heavy atom. The summed E-state index contributed by atoms with van der Waals surface area (Å²) in [5.41, 5.74) is 10.5. The first kappa shape index (κ1) is 28.2. The largest absolute Gasteiger partial charge is 0.496 e. The zero-order valence-electron chi connectivity index (χ0n) is 21.3. The number of nitrogens with one attached hydrogen (secondary N) is 1. The topological polar surface area (TPSA) is 165 Å². The Hall–Kier alpha value is -4.40. The summed E-state index contributed by atoms with van der Waals surface area (Å²) in [5.74, 6) is -0.160. The highest BCUT2D eigenvalue weighted by molar-refractivity contribution is 7.85. The highest BCUT2D eigenvalue weighted by Gasteiger charge is 2.36. The Labute approximate surface area is 221 Å². The maximum Gasteiger partial charge on any atom is 0.294 e. The molecule has 3 aromatic rings. The number of aryl methyl sites for hydroxylation is 1. The van der Waals surface area contributed by atoms with E-state index in [9.17, 15) is 18.5 Å². The zero-order valence-corrected chi connectivity index (χ0v) is 22.2. The number of aromatic nitrogens is 1. The van der Waals surface area contributed by atoms with E-state index in [0.717, 1.165) is 16.8 Å². The highest BCUT2D eigenvalue weighted by atomic mass is 32.2. The van der Waals surface area contributed by atoms with E-state index in [-0.39, 0.29) is 4.90 Å². The summed E-state index contributed by atoms with van der Waals surface area (Å²) in [4.78, 5) is 16.8. The van der Waals surface area contributed by atoms with Gasteiger partial charge >= 0.3 is 0 Å². The summed E-state index contributed by atoms with van der Waals surface area (Å²) < 4.78 is 40.6. The van der Waals surface area contributed by atoms with Gasteiger partial charge in [-0.15, -0.1) is 0 Å². The number of allylic oxidation sites excluding steroid dienone is 1. The summed E-state index contributed by atoms with van der Waals surface area (Å²) in [6, 6.07) is 14.6. The Bertz CT molecular complexity index is 1530. The van der Waals surface area contributed by atoms with Crippen LogP contribution >= 0.6 is 0 Å². The Morgan fingerprint density at radius 1 is 1.21 bits per heavy atom. The fourth-order valence-corrected chi connectivity index (χ4v) is 4.66. The maximum atomic E-state index is 12.4. The molecule has 11 heteroatoms. The van der Waals surface area contributed by atoms with Gasteiger partial charge in [-0.3, -0.25) is 9.35 Å². The fraction of sp³-hybridized carbons (Fsp3) is 0.222. The predicted molar refractivity (Wildman–Crippen MR) is 141 cm³/mol. The van der Waals surface area contributed by atoms with Gasteiger partial charge in [0.2, 0.25) is 11.8 Å². The van der Waals surface area contributed by atoms with Crippen molar-refractivity contribution in [2.75, 3.05) is 19.0 Å². The number of amides is 1. The molecule has 0 spiro atoms. The van der Waals surface area contributed by atoms with Crippen LogP contribution in [-0.4, -0.2) is 37.6 Å². The molecule has 198 valence electrons. The van der Waals surface area contributed by atoms with E-state index in [4.69, 9.17) is 19.8 Å². The van der Waals surface area contributed by atoms with Crippen LogP contribution in [0.15, 0.2) is 70.9 Å². The average Bonchev–Trinajstić information content (AvgIpc) is 2.89. The lowest BCUT2D eigenvalue weighted by Gasteiger charge is -2.32. The first-order valence-corrected chi connectivity index (χ1v) is 13.0. The van der Waals surface area contributed by atoms with Crippen LogP contribution in [0.2, 0.25) is 0 Å². The second-order valence-corrected chi connectivity index (χ2v) is 9.71. The number of carbonyl (C=O) groups is 1. The SMILES string of the molecule is CCOc1ncc(C)c2c1[C@H](c1ccc(C#N)cc1OC)C(C(N)=O)=C(C)N2.O=S(=O)(O)c1ccccc1. The van der Waals surface area contributed by atoms with Crippen molar-refractivity contribution in [2.45, 2.75) is 31.6 Å². The summed E-state index contributed by atoms with van der Waals surface area (Å²) >= 11 is 0. The molecule has 1 aromatic heterocycles. The second kappa shape index (κ2) is 11.8. The average molecular weight is 537 g/mol. The molecule has 10 nitrogen and oxygen atoms in total. The van der Waals surface area contributed by atoms with Crippen LogP contribution in [0.25, 0.3) is 0 Å². The van der Waals surface area contributed by atoms with Crippen molar-refractivity contribution in [2.24, 2.45) is 5.73 Å². The molecule has 0 saturated heterocycles. The third kappa shape index (κ3) is 5.94. The number of anilines is 1. The number of nitrogens with two attached hydrogens (primary N) is 1. The van der Waals surface area contributed by atoms with Gasteiger partial charge in [-0.05, 0) is 50.6 Å². The first-order chi connectivity index (χ1) is 18.0. The van der Waals surface area contributed by atoms with Crippen molar-refractivity contribution in [3.8, 4) is 17.7 Å². The maximum absolute atomic E-state index is 12.4. The molecule has 4 rings (SSSR count). The Balaban J connectivity index is 0.000000336. The Morgan fingerprint density at radius 2 is 1.89 bits per heavy atom. The molecule has 0 bridgehead atoms. The predicted octanol–water partition coefficient (Wildman–Crippen LogP) is 3.92. The van der Waals surface area contributed by atoms with Gasteiger partial charge in [0.15, 0.2) is 0 Å². The summed E-state index contributed by atoms with van der Waals surface area (Å²) in [7, 11) is -2.47. The molecular weight excluding hydrogens is 508 g/mol. The number of fused-ring (bicyclic) bond motifs is 1. The number of nitrogens with zero attached hydrogens (tertiary/aromatic N) is 2. The van der Waals surface area contributed by atoms with Crippen LogP contribution in [0, 0.1) is 18.3 Å². The van der Waals surface area contributed by atoms with Crippen molar-refractivity contribution in [3.05, 3.63) is 88.3 Å². The molecule has 1 aliphatic rings. The normalized spacial score (nSPS) is 14.3.